The molecule has 1 saturated heterocycles. The van der Waals surface area contributed by atoms with E-state index < -0.39 is 0 Å². The van der Waals surface area contributed by atoms with Gasteiger partial charge in [-0.05, 0) is 51.8 Å². The van der Waals surface area contributed by atoms with Gasteiger partial charge < -0.3 is 15.0 Å². The molecule has 3 aromatic rings. The first-order chi connectivity index (χ1) is 15.1. The topological polar surface area (TPSA) is 72.3 Å². The Bertz CT molecular complexity index is 1020. The van der Waals surface area contributed by atoms with Gasteiger partial charge in [0.2, 0.25) is 16.2 Å². The SMILES string of the molecule is CCOc1ccccc1CNC(=O)[C@H]1CCCN(c2nnc(-n3c(C)ccc3C)s2)C1. The molecular formula is C23H29N5O2S. The number of hydrogen-bond acceptors (Lipinski definition) is 6. The number of ether oxygens (including phenoxy) is 1. The number of aromatic nitrogens is 3. The van der Waals surface area contributed by atoms with Crippen LogP contribution in [0.3, 0.4) is 0 Å². The minimum atomic E-state index is -0.0598. The minimum absolute atomic E-state index is 0.0598. The van der Waals surface area contributed by atoms with Gasteiger partial charge in [-0.15, -0.1) is 10.2 Å². The summed E-state index contributed by atoms with van der Waals surface area (Å²) in [6, 6.07) is 12.0. The average Bonchev–Trinajstić information content (AvgIpc) is 3.39. The molecule has 0 unspecified atom stereocenters. The number of nitrogens with one attached hydrogen (secondary N) is 1. The first-order valence-corrected chi connectivity index (χ1v) is 11.6. The smallest absolute Gasteiger partial charge is 0.225 e. The highest BCUT2D eigenvalue weighted by Crippen LogP contribution is 2.29. The van der Waals surface area contributed by atoms with Gasteiger partial charge in [-0.3, -0.25) is 9.36 Å². The minimum Gasteiger partial charge on any atom is -0.494 e. The van der Waals surface area contributed by atoms with Crippen LogP contribution in [-0.4, -0.2) is 40.4 Å². The lowest BCUT2D eigenvalue weighted by molar-refractivity contribution is -0.125. The van der Waals surface area contributed by atoms with E-state index >= 15 is 0 Å². The second-order valence-electron chi connectivity index (χ2n) is 7.86. The van der Waals surface area contributed by atoms with Crippen molar-refractivity contribution >= 4 is 22.4 Å². The number of nitrogens with zero attached hydrogens (tertiary/aromatic N) is 4. The standard InChI is InChI=1S/C23H29N5O2S/c1-4-30-20-10-6-5-8-18(20)14-24-21(29)19-9-7-13-27(15-19)22-25-26-23(31-22)28-16(2)11-12-17(28)3/h5-6,8,10-12,19H,4,7,9,13-15H2,1-3H3,(H,24,29)/t19-/m0/s1. The van der Waals surface area contributed by atoms with Crippen molar-refractivity contribution in [2.45, 2.75) is 40.2 Å². The molecule has 8 heteroatoms. The van der Waals surface area contributed by atoms with Crippen LogP contribution >= 0.6 is 11.3 Å². The zero-order chi connectivity index (χ0) is 21.8. The number of para-hydroxylation sites is 1. The van der Waals surface area contributed by atoms with Crippen LogP contribution in [0, 0.1) is 19.8 Å². The zero-order valence-electron chi connectivity index (χ0n) is 18.3. The third-order valence-corrected chi connectivity index (χ3v) is 6.62. The highest BCUT2D eigenvalue weighted by atomic mass is 32.1. The number of amides is 1. The van der Waals surface area contributed by atoms with Crippen LogP contribution in [0.4, 0.5) is 5.13 Å². The van der Waals surface area contributed by atoms with Crippen LogP contribution in [0.5, 0.6) is 5.75 Å². The van der Waals surface area contributed by atoms with E-state index in [1.807, 2.05) is 31.2 Å². The summed E-state index contributed by atoms with van der Waals surface area (Å²) < 4.78 is 7.78. The molecular weight excluding hydrogens is 410 g/mol. The van der Waals surface area contributed by atoms with Crippen molar-refractivity contribution in [2.75, 3.05) is 24.6 Å². The molecule has 0 aliphatic carbocycles. The predicted octanol–water partition coefficient (Wildman–Crippen LogP) is 3.88. The van der Waals surface area contributed by atoms with Gasteiger partial charge in [0, 0.05) is 36.6 Å². The highest BCUT2D eigenvalue weighted by Gasteiger charge is 2.28. The van der Waals surface area contributed by atoms with Crippen molar-refractivity contribution in [1.82, 2.24) is 20.1 Å². The van der Waals surface area contributed by atoms with Crippen LogP contribution in [0.15, 0.2) is 36.4 Å². The van der Waals surface area contributed by atoms with Gasteiger partial charge in [-0.25, -0.2) is 0 Å². The normalized spacial score (nSPS) is 16.4. The molecule has 1 aliphatic heterocycles. The van der Waals surface area contributed by atoms with E-state index in [1.54, 1.807) is 11.3 Å². The maximum atomic E-state index is 12.9. The Labute approximate surface area is 187 Å². The number of benzene rings is 1. The third-order valence-electron chi connectivity index (χ3n) is 5.65. The van der Waals surface area contributed by atoms with Crippen molar-refractivity contribution in [2.24, 2.45) is 5.92 Å². The Morgan fingerprint density at radius 3 is 2.68 bits per heavy atom. The van der Waals surface area contributed by atoms with E-state index in [0.29, 0.717) is 19.7 Å². The fourth-order valence-corrected chi connectivity index (χ4v) is 5.03. The number of hydrogen-bond donors (Lipinski definition) is 1. The van der Waals surface area contributed by atoms with E-state index in [0.717, 1.165) is 52.4 Å². The van der Waals surface area contributed by atoms with Crippen LogP contribution < -0.4 is 15.0 Å². The lowest BCUT2D eigenvalue weighted by Crippen LogP contribution is -2.43. The van der Waals surface area contributed by atoms with E-state index in [2.05, 4.69) is 51.0 Å². The Morgan fingerprint density at radius 2 is 1.90 bits per heavy atom. The van der Waals surface area contributed by atoms with Gasteiger partial charge in [0.15, 0.2) is 0 Å². The molecule has 0 spiro atoms. The number of carbonyl (C=O) groups is 1. The summed E-state index contributed by atoms with van der Waals surface area (Å²) in [5.74, 6) is 0.848. The van der Waals surface area contributed by atoms with E-state index in [1.165, 1.54) is 0 Å². The summed E-state index contributed by atoms with van der Waals surface area (Å²) in [5, 5.41) is 13.7. The van der Waals surface area contributed by atoms with Crippen molar-refractivity contribution in [1.29, 1.82) is 0 Å². The Morgan fingerprint density at radius 1 is 1.16 bits per heavy atom. The number of aryl methyl sites for hydroxylation is 2. The average molecular weight is 440 g/mol. The number of anilines is 1. The van der Waals surface area contributed by atoms with Crippen LogP contribution in [0.1, 0.15) is 36.7 Å². The molecule has 0 radical (unpaired) electrons. The summed E-state index contributed by atoms with van der Waals surface area (Å²) in [6.45, 7) is 8.74. The molecule has 1 N–H and O–H groups in total. The summed E-state index contributed by atoms with van der Waals surface area (Å²) >= 11 is 1.58. The molecule has 1 amide bonds. The molecule has 31 heavy (non-hydrogen) atoms. The van der Waals surface area contributed by atoms with E-state index in [-0.39, 0.29) is 11.8 Å². The fraction of sp³-hybridized carbons (Fsp3) is 0.435. The molecule has 164 valence electrons. The van der Waals surface area contributed by atoms with Crippen molar-refractivity contribution in [3.05, 3.63) is 53.3 Å². The van der Waals surface area contributed by atoms with Gasteiger partial charge in [-0.2, -0.15) is 0 Å². The third kappa shape index (κ3) is 4.74. The maximum Gasteiger partial charge on any atom is 0.225 e. The zero-order valence-corrected chi connectivity index (χ0v) is 19.1. The van der Waals surface area contributed by atoms with Crippen molar-refractivity contribution < 1.29 is 9.53 Å². The van der Waals surface area contributed by atoms with Gasteiger partial charge in [0.05, 0.1) is 12.5 Å². The van der Waals surface area contributed by atoms with Gasteiger partial charge >= 0.3 is 0 Å². The quantitative estimate of drug-likeness (QED) is 0.605. The van der Waals surface area contributed by atoms with Crippen molar-refractivity contribution in [3.8, 4) is 10.9 Å². The monoisotopic (exact) mass is 439 g/mol. The lowest BCUT2D eigenvalue weighted by atomic mass is 9.97. The predicted molar refractivity (Wildman–Crippen MR) is 123 cm³/mol. The van der Waals surface area contributed by atoms with Crippen LogP contribution in [-0.2, 0) is 11.3 Å². The summed E-state index contributed by atoms with van der Waals surface area (Å²) in [7, 11) is 0. The molecule has 1 fully saturated rings. The van der Waals surface area contributed by atoms with Gasteiger partial charge in [0.1, 0.15) is 5.75 Å². The van der Waals surface area contributed by atoms with Gasteiger partial charge in [-0.1, -0.05) is 29.5 Å². The Hall–Kier alpha value is -2.87. The molecule has 4 rings (SSSR count). The summed E-state index contributed by atoms with van der Waals surface area (Å²) in [6.07, 6.45) is 1.85. The van der Waals surface area contributed by atoms with Crippen LogP contribution in [0.25, 0.3) is 5.13 Å². The molecule has 1 aliphatic rings. The van der Waals surface area contributed by atoms with Crippen LogP contribution in [0.2, 0.25) is 0 Å². The molecule has 0 bridgehead atoms. The molecule has 0 saturated carbocycles. The van der Waals surface area contributed by atoms with E-state index in [4.69, 9.17) is 4.74 Å². The van der Waals surface area contributed by atoms with Gasteiger partial charge in [0.25, 0.3) is 0 Å². The largest absolute Gasteiger partial charge is 0.494 e. The first kappa shape index (κ1) is 21.4. The van der Waals surface area contributed by atoms with Crippen molar-refractivity contribution in [3.63, 3.8) is 0 Å². The molecule has 3 heterocycles. The Balaban J connectivity index is 1.39. The second kappa shape index (κ2) is 9.51. The first-order valence-electron chi connectivity index (χ1n) is 10.8. The number of carbonyl (C=O) groups excluding carboxylic acids is 1. The molecule has 1 aromatic carbocycles. The van der Waals surface area contributed by atoms with E-state index in [9.17, 15) is 4.79 Å². The maximum absolute atomic E-state index is 12.9. The summed E-state index contributed by atoms with van der Waals surface area (Å²) in [5.41, 5.74) is 3.28. The highest BCUT2D eigenvalue weighted by molar-refractivity contribution is 7.17. The molecule has 7 nitrogen and oxygen atoms in total. The fourth-order valence-electron chi connectivity index (χ4n) is 4.03. The Kier molecular flexibility index (Phi) is 6.56. The number of rotatable bonds is 7. The lowest BCUT2D eigenvalue weighted by Gasteiger charge is -2.31. The second-order valence-corrected chi connectivity index (χ2v) is 8.80. The number of piperidine rings is 1. The summed E-state index contributed by atoms with van der Waals surface area (Å²) in [4.78, 5) is 15.1. The molecule has 2 aromatic heterocycles. The molecule has 1 atom stereocenters.